The highest BCUT2D eigenvalue weighted by molar-refractivity contribution is 5.88. The van der Waals surface area contributed by atoms with Crippen LogP contribution in [-0.2, 0) is 0 Å². The molecule has 8 heteroatoms. The van der Waals surface area contributed by atoms with Crippen molar-refractivity contribution in [3.8, 4) is 0 Å². The Morgan fingerprint density at radius 3 is 2.69 bits per heavy atom. The minimum Gasteiger partial charge on any atom is -0.339 e. The molecule has 2 fully saturated rings. The van der Waals surface area contributed by atoms with Crippen LogP contribution >= 0.6 is 0 Å². The molecule has 2 N–H and O–H groups in total. The third-order valence-corrected chi connectivity index (χ3v) is 5.17. The number of urea groups is 1. The number of piperidine rings is 1. The lowest BCUT2D eigenvalue weighted by atomic mass is 10.1. The summed E-state index contributed by atoms with van der Waals surface area (Å²) in [5.41, 5.74) is 0. The molecule has 1 aliphatic heterocycles. The topological polar surface area (TPSA) is 88.0 Å². The summed E-state index contributed by atoms with van der Waals surface area (Å²) in [6, 6.07) is 3.98. The molecule has 2 aliphatic rings. The van der Waals surface area contributed by atoms with Gasteiger partial charge in [0.15, 0.2) is 0 Å². The van der Waals surface area contributed by atoms with Crippen LogP contribution in [0.1, 0.15) is 44.6 Å². The van der Waals surface area contributed by atoms with Crippen LogP contribution in [0.4, 0.5) is 16.6 Å². The molecule has 1 saturated carbocycles. The number of nitrogens with zero attached hydrogens (tertiary/aromatic N) is 5. The molecule has 4 rings (SSSR count). The third-order valence-electron chi connectivity index (χ3n) is 5.17. The van der Waals surface area contributed by atoms with Crippen LogP contribution in [0.3, 0.4) is 0 Å². The maximum Gasteiger partial charge on any atom is 0.320 e. The van der Waals surface area contributed by atoms with Crippen molar-refractivity contribution in [1.82, 2.24) is 25.1 Å². The minimum atomic E-state index is -0.175. The first-order chi connectivity index (χ1) is 12.8. The van der Waals surface area contributed by atoms with Crippen molar-refractivity contribution in [2.24, 2.45) is 0 Å². The Labute approximate surface area is 153 Å². The van der Waals surface area contributed by atoms with Crippen molar-refractivity contribution in [3.05, 3.63) is 30.7 Å². The van der Waals surface area contributed by atoms with Gasteiger partial charge < -0.3 is 10.2 Å². The van der Waals surface area contributed by atoms with Crippen LogP contribution in [0.2, 0.25) is 0 Å². The molecule has 26 heavy (non-hydrogen) atoms. The molecule has 2 amide bonds. The summed E-state index contributed by atoms with van der Waals surface area (Å²) in [5, 5.41) is 10.5. The summed E-state index contributed by atoms with van der Waals surface area (Å²) in [6.07, 6.45) is 11.9. The fourth-order valence-corrected chi connectivity index (χ4v) is 3.92. The van der Waals surface area contributed by atoms with Crippen molar-refractivity contribution >= 4 is 17.8 Å². The predicted octanol–water partition coefficient (Wildman–Crippen LogP) is 2.58. The predicted molar refractivity (Wildman–Crippen MR) is 99.2 cm³/mol. The van der Waals surface area contributed by atoms with Crippen LogP contribution < -0.4 is 15.5 Å². The van der Waals surface area contributed by atoms with Gasteiger partial charge in [0.25, 0.3) is 0 Å². The highest BCUT2D eigenvalue weighted by atomic mass is 16.2. The fraction of sp³-hybridized carbons (Fsp3) is 0.556. The van der Waals surface area contributed by atoms with E-state index < -0.39 is 0 Å². The lowest BCUT2D eigenvalue weighted by molar-refractivity contribution is 0.246. The van der Waals surface area contributed by atoms with Crippen molar-refractivity contribution in [1.29, 1.82) is 0 Å². The molecule has 8 nitrogen and oxygen atoms in total. The van der Waals surface area contributed by atoms with Gasteiger partial charge in [-0.1, -0.05) is 12.8 Å². The zero-order valence-electron chi connectivity index (χ0n) is 14.8. The largest absolute Gasteiger partial charge is 0.339 e. The highest BCUT2D eigenvalue weighted by Crippen LogP contribution is 2.31. The Kier molecular flexibility index (Phi) is 4.99. The second-order valence-electron chi connectivity index (χ2n) is 7.03. The van der Waals surface area contributed by atoms with Crippen molar-refractivity contribution < 1.29 is 4.79 Å². The Hall–Kier alpha value is -2.64. The first-order valence-corrected chi connectivity index (χ1v) is 9.42. The average molecular weight is 355 g/mol. The monoisotopic (exact) mass is 355 g/mol. The SMILES string of the molecule is O=C(Nc1ccnn1C1CCCC1)N[C@@H]1CCCN(c2ncccn2)C1. The maximum absolute atomic E-state index is 12.5. The van der Waals surface area contributed by atoms with Gasteiger partial charge >= 0.3 is 6.03 Å². The van der Waals surface area contributed by atoms with Gasteiger partial charge in [-0.15, -0.1) is 0 Å². The molecular weight excluding hydrogens is 330 g/mol. The Morgan fingerprint density at radius 1 is 1.08 bits per heavy atom. The van der Waals surface area contributed by atoms with Gasteiger partial charge in [-0.25, -0.2) is 19.4 Å². The molecular formula is C18H25N7O. The van der Waals surface area contributed by atoms with Gasteiger partial charge in [-0.05, 0) is 31.7 Å². The van der Waals surface area contributed by atoms with Crippen LogP contribution in [0.25, 0.3) is 0 Å². The number of amides is 2. The summed E-state index contributed by atoms with van der Waals surface area (Å²) in [6.45, 7) is 1.64. The summed E-state index contributed by atoms with van der Waals surface area (Å²) < 4.78 is 1.96. The molecule has 0 spiro atoms. The first-order valence-electron chi connectivity index (χ1n) is 9.42. The quantitative estimate of drug-likeness (QED) is 0.880. The number of nitrogens with one attached hydrogen (secondary N) is 2. The van der Waals surface area contributed by atoms with Gasteiger partial charge in [0, 0.05) is 37.6 Å². The number of rotatable bonds is 4. The average Bonchev–Trinajstić information content (AvgIpc) is 3.34. The normalized spacial score (nSPS) is 20.9. The summed E-state index contributed by atoms with van der Waals surface area (Å²) in [5.74, 6) is 1.49. The first kappa shape index (κ1) is 16.8. The van der Waals surface area contributed by atoms with Crippen LogP contribution in [0, 0.1) is 0 Å². The van der Waals surface area contributed by atoms with Gasteiger partial charge in [0.05, 0.1) is 12.2 Å². The Bertz CT molecular complexity index is 726. The van der Waals surface area contributed by atoms with E-state index in [0.29, 0.717) is 6.04 Å². The lowest BCUT2D eigenvalue weighted by Crippen LogP contribution is -2.49. The van der Waals surface area contributed by atoms with Crippen LogP contribution in [0.5, 0.6) is 0 Å². The number of hydrogen-bond acceptors (Lipinski definition) is 5. The Morgan fingerprint density at radius 2 is 1.88 bits per heavy atom. The van der Waals surface area contributed by atoms with Crippen molar-refractivity contribution in [3.63, 3.8) is 0 Å². The standard InChI is InChI=1S/C18H25N7O/c26-18(23-16-8-11-21-25(16)15-6-1-2-7-15)22-14-5-3-12-24(13-14)17-19-9-4-10-20-17/h4,8-11,14-15H,1-3,5-7,12-13H2,(H2,22,23,26)/t14-/m1/s1. The number of anilines is 2. The van der Waals surface area contributed by atoms with E-state index in [4.69, 9.17) is 0 Å². The summed E-state index contributed by atoms with van der Waals surface area (Å²) in [4.78, 5) is 23.2. The minimum absolute atomic E-state index is 0.0791. The molecule has 3 heterocycles. The van der Waals surface area contributed by atoms with E-state index in [1.165, 1.54) is 12.8 Å². The van der Waals surface area contributed by atoms with E-state index >= 15 is 0 Å². The molecule has 138 valence electrons. The zero-order chi connectivity index (χ0) is 17.8. The molecule has 1 aliphatic carbocycles. The second-order valence-corrected chi connectivity index (χ2v) is 7.03. The highest BCUT2D eigenvalue weighted by Gasteiger charge is 2.24. The van der Waals surface area contributed by atoms with E-state index in [2.05, 4.69) is 30.6 Å². The summed E-state index contributed by atoms with van der Waals surface area (Å²) >= 11 is 0. The van der Waals surface area contributed by atoms with Gasteiger partial charge in [-0.2, -0.15) is 5.10 Å². The molecule has 0 bridgehead atoms. The molecule has 0 unspecified atom stereocenters. The van der Waals surface area contributed by atoms with E-state index in [9.17, 15) is 4.79 Å². The van der Waals surface area contributed by atoms with Gasteiger partial charge in [-0.3, -0.25) is 5.32 Å². The van der Waals surface area contributed by atoms with Gasteiger partial charge in [0.1, 0.15) is 5.82 Å². The van der Waals surface area contributed by atoms with Gasteiger partial charge in [0.2, 0.25) is 5.95 Å². The zero-order valence-corrected chi connectivity index (χ0v) is 14.8. The smallest absolute Gasteiger partial charge is 0.320 e. The molecule has 1 saturated heterocycles. The lowest BCUT2D eigenvalue weighted by Gasteiger charge is -2.33. The van der Waals surface area contributed by atoms with Crippen LogP contribution in [0.15, 0.2) is 30.7 Å². The fourth-order valence-electron chi connectivity index (χ4n) is 3.92. The van der Waals surface area contributed by atoms with Crippen molar-refractivity contribution in [2.75, 3.05) is 23.3 Å². The maximum atomic E-state index is 12.5. The van der Waals surface area contributed by atoms with E-state index in [-0.39, 0.29) is 12.1 Å². The number of aromatic nitrogens is 4. The van der Waals surface area contributed by atoms with E-state index in [1.807, 2.05) is 16.8 Å². The number of carbonyl (C=O) groups excluding carboxylic acids is 1. The molecule has 1 atom stereocenters. The number of carbonyl (C=O) groups is 1. The molecule has 2 aromatic rings. The summed E-state index contributed by atoms with van der Waals surface area (Å²) in [7, 11) is 0. The third kappa shape index (κ3) is 3.79. The number of hydrogen-bond donors (Lipinski definition) is 2. The molecule has 0 aromatic carbocycles. The van der Waals surface area contributed by atoms with E-state index in [1.54, 1.807) is 18.6 Å². The van der Waals surface area contributed by atoms with Crippen molar-refractivity contribution in [2.45, 2.75) is 50.6 Å². The molecule has 2 aromatic heterocycles. The molecule has 0 radical (unpaired) electrons. The van der Waals surface area contributed by atoms with Crippen LogP contribution in [-0.4, -0.2) is 44.9 Å². The second kappa shape index (κ2) is 7.72. The van der Waals surface area contributed by atoms with E-state index in [0.717, 1.165) is 50.5 Å². The Balaban J connectivity index is 1.34.